The summed E-state index contributed by atoms with van der Waals surface area (Å²) in [5, 5.41) is 3.22. The van der Waals surface area contributed by atoms with E-state index in [4.69, 9.17) is 21.7 Å². The Morgan fingerprint density at radius 2 is 1.93 bits per heavy atom. The molecule has 1 amide bonds. The molecule has 1 saturated heterocycles. The monoisotopic (exact) mass is 448 g/mol. The lowest BCUT2D eigenvalue weighted by Crippen LogP contribution is -2.47. The van der Waals surface area contributed by atoms with Crippen LogP contribution < -0.4 is 10.1 Å². The lowest BCUT2D eigenvalue weighted by molar-refractivity contribution is 0.0669. The number of halogens is 1. The minimum atomic E-state index is -0.275. The SMILES string of the molecule is O=C(NC(=S)N1CCOCC1)c1cc(Br)ccc1OCCc1ccccc1. The zero-order valence-corrected chi connectivity index (χ0v) is 17.2. The number of thiocarbonyl (C=S) groups is 1. The Morgan fingerprint density at radius 3 is 2.67 bits per heavy atom. The summed E-state index contributed by atoms with van der Waals surface area (Å²) < 4.78 is 12.0. The number of nitrogens with one attached hydrogen (secondary N) is 1. The molecule has 0 saturated carbocycles. The number of ether oxygens (including phenoxy) is 2. The van der Waals surface area contributed by atoms with Crippen LogP contribution in [0.3, 0.4) is 0 Å². The van der Waals surface area contributed by atoms with E-state index in [1.165, 1.54) is 5.56 Å². The van der Waals surface area contributed by atoms with E-state index in [0.29, 0.717) is 49.3 Å². The van der Waals surface area contributed by atoms with Crippen molar-refractivity contribution in [3.63, 3.8) is 0 Å². The fourth-order valence-electron chi connectivity index (χ4n) is 2.74. The molecular weight excluding hydrogens is 428 g/mol. The highest BCUT2D eigenvalue weighted by Crippen LogP contribution is 2.23. The summed E-state index contributed by atoms with van der Waals surface area (Å²) in [7, 11) is 0. The minimum Gasteiger partial charge on any atom is -0.492 e. The van der Waals surface area contributed by atoms with Gasteiger partial charge in [0.05, 0.1) is 25.4 Å². The van der Waals surface area contributed by atoms with Gasteiger partial charge in [-0.15, -0.1) is 0 Å². The van der Waals surface area contributed by atoms with Crippen LogP contribution in [0.2, 0.25) is 0 Å². The van der Waals surface area contributed by atoms with Gasteiger partial charge in [-0.05, 0) is 36.0 Å². The molecule has 2 aromatic rings. The molecule has 0 radical (unpaired) electrons. The summed E-state index contributed by atoms with van der Waals surface area (Å²) in [6.07, 6.45) is 0.768. The molecule has 0 aromatic heterocycles. The predicted molar refractivity (Wildman–Crippen MR) is 112 cm³/mol. The predicted octanol–water partition coefficient (Wildman–Crippen LogP) is 3.42. The molecule has 1 aliphatic rings. The number of benzene rings is 2. The van der Waals surface area contributed by atoms with E-state index >= 15 is 0 Å². The molecule has 0 bridgehead atoms. The van der Waals surface area contributed by atoms with Gasteiger partial charge in [-0.3, -0.25) is 10.1 Å². The van der Waals surface area contributed by atoms with E-state index in [9.17, 15) is 4.79 Å². The van der Waals surface area contributed by atoms with E-state index in [1.807, 2.05) is 29.2 Å². The normalized spacial score (nSPS) is 13.9. The van der Waals surface area contributed by atoms with Crippen molar-refractivity contribution in [2.75, 3.05) is 32.9 Å². The molecule has 27 heavy (non-hydrogen) atoms. The third-order valence-electron chi connectivity index (χ3n) is 4.20. The van der Waals surface area contributed by atoms with Gasteiger partial charge in [0.2, 0.25) is 0 Å². The molecule has 3 rings (SSSR count). The van der Waals surface area contributed by atoms with E-state index in [1.54, 1.807) is 12.1 Å². The maximum Gasteiger partial charge on any atom is 0.261 e. The molecule has 1 aliphatic heterocycles. The Labute approximate surface area is 172 Å². The Morgan fingerprint density at radius 1 is 1.19 bits per heavy atom. The molecule has 5 nitrogen and oxygen atoms in total. The molecule has 0 spiro atoms. The summed E-state index contributed by atoms with van der Waals surface area (Å²) in [5.74, 6) is 0.263. The topological polar surface area (TPSA) is 50.8 Å². The number of rotatable bonds is 5. The van der Waals surface area contributed by atoms with Gasteiger partial charge in [-0.25, -0.2) is 0 Å². The first-order chi connectivity index (χ1) is 13.1. The molecule has 1 N–H and O–H groups in total. The Hall–Kier alpha value is -1.96. The van der Waals surface area contributed by atoms with Crippen LogP contribution in [0.1, 0.15) is 15.9 Å². The lowest BCUT2D eigenvalue weighted by atomic mass is 10.1. The number of morpholine rings is 1. The van der Waals surface area contributed by atoms with E-state index in [2.05, 4.69) is 33.4 Å². The highest BCUT2D eigenvalue weighted by atomic mass is 79.9. The van der Waals surface area contributed by atoms with Crippen LogP contribution >= 0.6 is 28.1 Å². The number of carbonyl (C=O) groups excluding carboxylic acids is 1. The van der Waals surface area contributed by atoms with Gasteiger partial charge < -0.3 is 14.4 Å². The first-order valence-electron chi connectivity index (χ1n) is 8.78. The van der Waals surface area contributed by atoms with Crippen LogP contribution in [-0.4, -0.2) is 48.8 Å². The van der Waals surface area contributed by atoms with Gasteiger partial charge in [0.1, 0.15) is 5.75 Å². The summed E-state index contributed by atoms with van der Waals surface area (Å²) in [6, 6.07) is 15.5. The quantitative estimate of drug-likeness (QED) is 0.710. The van der Waals surface area contributed by atoms with Crippen molar-refractivity contribution in [3.05, 3.63) is 64.1 Å². The number of carbonyl (C=O) groups is 1. The number of amides is 1. The molecule has 7 heteroatoms. The van der Waals surface area contributed by atoms with Crippen molar-refractivity contribution in [1.29, 1.82) is 0 Å². The van der Waals surface area contributed by atoms with Crippen LogP contribution in [0.4, 0.5) is 0 Å². The highest BCUT2D eigenvalue weighted by molar-refractivity contribution is 9.10. The van der Waals surface area contributed by atoms with Crippen molar-refractivity contribution < 1.29 is 14.3 Å². The first-order valence-corrected chi connectivity index (χ1v) is 9.98. The summed E-state index contributed by atoms with van der Waals surface area (Å²) in [6.45, 7) is 3.07. The maximum absolute atomic E-state index is 12.7. The molecule has 0 unspecified atom stereocenters. The third kappa shape index (κ3) is 5.76. The molecule has 1 fully saturated rings. The number of hydrogen-bond donors (Lipinski definition) is 1. The smallest absolute Gasteiger partial charge is 0.261 e. The van der Waals surface area contributed by atoms with Crippen LogP contribution in [-0.2, 0) is 11.2 Å². The second kappa shape index (κ2) is 9.82. The molecular formula is C20H21BrN2O3S. The molecule has 1 heterocycles. The summed E-state index contributed by atoms with van der Waals surface area (Å²) in [4.78, 5) is 14.7. The number of hydrogen-bond acceptors (Lipinski definition) is 4. The second-order valence-corrected chi connectivity index (χ2v) is 7.39. The minimum absolute atomic E-state index is 0.275. The Balaban J connectivity index is 1.63. The summed E-state index contributed by atoms with van der Waals surface area (Å²) >= 11 is 8.78. The standard InChI is InChI=1S/C20H21BrN2O3S/c21-16-6-7-18(26-11-8-15-4-2-1-3-5-15)17(14-16)19(24)22-20(27)23-9-12-25-13-10-23/h1-7,14H,8-13H2,(H,22,24,27). The van der Waals surface area contributed by atoms with Gasteiger partial charge in [-0.1, -0.05) is 46.3 Å². The fourth-order valence-corrected chi connectivity index (χ4v) is 3.38. The Kier molecular flexibility index (Phi) is 7.20. The third-order valence-corrected chi connectivity index (χ3v) is 5.05. The van der Waals surface area contributed by atoms with Crippen molar-refractivity contribution in [3.8, 4) is 5.75 Å². The van der Waals surface area contributed by atoms with E-state index in [-0.39, 0.29) is 5.91 Å². The van der Waals surface area contributed by atoms with Crippen LogP contribution in [0.15, 0.2) is 53.0 Å². The maximum atomic E-state index is 12.7. The van der Waals surface area contributed by atoms with Crippen molar-refractivity contribution in [2.24, 2.45) is 0 Å². The van der Waals surface area contributed by atoms with Crippen LogP contribution in [0.25, 0.3) is 0 Å². The Bertz CT molecular complexity index is 795. The zero-order chi connectivity index (χ0) is 19.1. The van der Waals surface area contributed by atoms with Gasteiger partial charge >= 0.3 is 0 Å². The second-order valence-electron chi connectivity index (χ2n) is 6.08. The molecule has 142 valence electrons. The first kappa shape index (κ1) is 19.8. The van der Waals surface area contributed by atoms with E-state index in [0.717, 1.165) is 10.9 Å². The zero-order valence-electron chi connectivity index (χ0n) is 14.8. The van der Waals surface area contributed by atoms with Crippen molar-refractivity contribution in [1.82, 2.24) is 10.2 Å². The average Bonchev–Trinajstić information content (AvgIpc) is 2.70. The van der Waals surface area contributed by atoms with Gasteiger partial charge in [0.25, 0.3) is 5.91 Å². The molecule has 0 atom stereocenters. The largest absolute Gasteiger partial charge is 0.492 e. The highest BCUT2D eigenvalue weighted by Gasteiger charge is 2.19. The molecule has 2 aromatic carbocycles. The fraction of sp³-hybridized carbons (Fsp3) is 0.300. The molecule has 0 aliphatic carbocycles. The van der Waals surface area contributed by atoms with Crippen molar-refractivity contribution in [2.45, 2.75) is 6.42 Å². The van der Waals surface area contributed by atoms with E-state index < -0.39 is 0 Å². The number of nitrogens with zero attached hydrogens (tertiary/aromatic N) is 1. The average molecular weight is 449 g/mol. The van der Waals surface area contributed by atoms with Crippen LogP contribution in [0.5, 0.6) is 5.75 Å². The van der Waals surface area contributed by atoms with Gasteiger partial charge in [0.15, 0.2) is 5.11 Å². The van der Waals surface area contributed by atoms with Gasteiger partial charge in [-0.2, -0.15) is 0 Å². The van der Waals surface area contributed by atoms with Crippen molar-refractivity contribution >= 4 is 39.2 Å². The lowest BCUT2D eigenvalue weighted by Gasteiger charge is -2.29. The summed E-state index contributed by atoms with van der Waals surface area (Å²) in [5.41, 5.74) is 1.64. The van der Waals surface area contributed by atoms with Crippen LogP contribution in [0, 0.1) is 0 Å². The van der Waals surface area contributed by atoms with Gasteiger partial charge in [0, 0.05) is 24.0 Å².